The number of aryl methyl sites for hydroxylation is 1. The summed E-state index contributed by atoms with van der Waals surface area (Å²) in [6.45, 7) is 7.36. The molecule has 1 amide bonds. The highest BCUT2D eigenvalue weighted by Gasteiger charge is 2.24. The summed E-state index contributed by atoms with van der Waals surface area (Å²) in [5, 5.41) is 16.1. The second-order valence-corrected chi connectivity index (χ2v) is 6.77. The van der Waals surface area contributed by atoms with Gasteiger partial charge in [-0.2, -0.15) is 5.10 Å². The highest BCUT2D eigenvalue weighted by molar-refractivity contribution is 9.10. The number of amides is 1. The highest BCUT2D eigenvalue weighted by Crippen LogP contribution is 2.23. The molecular weight excluding hydrogens is 374 g/mol. The number of carbonyl (C=O) groups is 2. The van der Waals surface area contributed by atoms with Gasteiger partial charge in [-0.05, 0) is 60.0 Å². The molecule has 1 heterocycles. The Kier molecular flexibility index (Phi) is 5.43. The van der Waals surface area contributed by atoms with Gasteiger partial charge in [-0.25, -0.2) is 9.48 Å². The predicted molar refractivity (Wildman–Crippen MR) is 94.5 cm³/mol. The lowest BCUT2D eigenvalue weighted by Gasteiger charge is -2.18. The lowest BCUT2D eigenvalue weighted by Crippen LogP contribution is -2.44. The standard InChI is InChI=1S/C17H20BrN3O3/c1-9(2)15(17(23)24)19-16(22)12-5-7-13(8-6-12)21-11(4)14(18)10(3)20-21/h5-9,15H,1-4H3,(H,19,22)(H,23,24). The van der Waals surface area contributed by atoms with Crippen molar-refractivity contribution in [3.05, 3.63) is 45.7 Å². The maximum atomic E-state index is 12.2. The van der Waals surface area contributed by atoms with Gasteiger partial charge >= 0.3 is 5.97 Å². The van der Waals surface area contributed by atoms with Crippen molar-refractivity contribution in [1.29, 1.82) is 0 Å². The Morgan fingerprint density at radius 3 is 2.21 bits per heavy atom. The minimum Gasteiger partial charge on any atom is -0.480 e. The monoisotopic (exact) mass is 393 g/mol. The Morgan fingerprint density at radius 1 is 1.21 bits per heavy atom. The maximum Gasteiger partial charge on any atom is 0.326 e. The van der Waals surface area contributed by atoms with E-state index in [1.807, 2.05) is 13.8 Å². The van der Waals surface area contributed by atoms with Gasteiger partial charge in [-0.1, -0.05) is 13.8 Å². The van der Waals surface area contributed by atoms with Crippen LogP contribution in [0.15, 0.2) is 28.7 Å². The summed E-state index contributed by atoms with van der Waals surface area (Å²) in [6.07, 6.45) is 0. The third-order valence-electron chi connectivity index (χ3n) is 3.80. The molecule has 24 heavy (non-hydrogen) atoms. The number of carboxylic acid groups (broad SMARTS) is 1. The fourth-order valence-electron chi connectivity index (χ4n) is 2.37. The Balaban J connectivity index is 2.21. The highest BCUT2D eigenvalue weighted by atomic mass is 79.9. The number of aromatic nitrogens is 2. The molecule has 0 aliphatic rings. The Hall–Kier alpha value is -2.15. The summed E-state index contributed by atoms with van der Waals surface area (Å²) in [7, 11) is 0. The van der Waals surface area contributed by atoms with Crippen molar-refractivity contribution >= 4 is 27.8 Å². The molecule has 2 rings (SSSR count). The van der Waals surface area contributed by atoms with Crippen molar-refractivity contribution in [3.8, 4) is 5.69 Å². The van der Waals surface area contributed by atoms with Crippen LogP contribution in [0.3, 0.4) is 0 Å². The zero-order chi connectivity index (χ0) is 18.0. The number of carboxylic acids is 1. The predicted octanol–water partition coefficient (Wildman–Crippen LogP) is 3.09. The van der Waals surface area contributed by atoms with E-state index in [2.05, 4.69) is 26.3 Å². The molecule has 1 unspecified atom stereocenters. The van der Waals surface area contributed by atoms with Crippen LogP contribution in [-0.4, -0.2) is 32.8 Å². The second-order valence-electron chi connectivity index (χ2n) is 5.98. The van der Waals surface area contributed by atoms with Gasteiger partial charge in [-0.15, -0.1) is 0 Å². The molecule has 1 atom stereocenters. The van der Waals surface area contributed by atoms with Crippen LogP contribution in [0.5, 0.6) is 0 Å². The molecule has 0 fully saturated rings. The third-order valence-corrected chi connectivity index (χ3v) is 4.94. The average molecular weight is 394 g/mol. The number of benzene rings is 1. The lowest BCUT2D eigenvalue weighted by molar-refractivity contribution is -0.140. The van der Waals surface area contributed by atoms with Crippen LogP contribution in [0.2, 0.25) is 0 Å². The van der Waals surface area contributed by atoms with Gasteiger partial charge in [0.2, 0.25) is 0 Å². The van der Waals surface area contributed by atoms with Crippen molar-refractivity contribution in [2.75, 3.05) is 0 Å². The van der Waals surface area contributed by atoms with E-state index >= 15 is 0 Å². The quantitative estimate of drug-likeness (QED) is 0.817. The van der Waals surface area contributed by atoms with E-state index in [9.17, 15) is 9.59 Å². The second kappa shape index (κ2) is 7.17. The number of carbonyl (C=O) groups excluding carboxylic acids is 1. The van der Waals surface area contributed by atoms with Gasteiger partial charge in [0.15, 0.2) is 0 Å². The van der Waals surface area contributed by atoms with E-state index in [-0.39, 0.29) is 5.92 Å². The van der Waals surface area contributed by atoms with Crippen LogP contribution in [0.25, 0.3) is 5.69 Å². The summed E-state index contributed by atoms with van der Waals surface area (Å²) in [6, 6.07) is 5.98. The van der Waals surface area contributed by atoms with Crippen LogP contribution in [-0.2, 0) is 4.79 Å². The molecule has 0 bridgehead atoms. The summed E-state index contributed by atoms with van der Waals surface area (Å²) >= 11 is 3.49. The first kappa shape index (κ1) is 18.2. The van der Waals surface area contributed by atoms with Gasteiger partial charge < -0.3 is 10.4 Å². The smallest absolute Gasteiger partial charge is 0.326 e. The largest absolute Gasteiger partial charge is 0.480 e. The number of halogens is 1. The van der Waals surface area contributed by atoms with E-state index in [0.717, 1.165) is 21.5 Å². The fourth-order valence-corrected chi connectivity index (χ4v) is 2.61. The molecule has 0 spiro atoms. The Morgan fingerprint density at radius 2 is 1.79 bits per heavy atom. The van der Waals surface area contributed by atoms with Crippen LogP contribution in [0, 0.1) is 19.8 Å². The van der Waals surface area contributed by atoms with Gasteiger partial charge in [-0.3, -0.25) is 4.79 Å². The maximum absolute atomic E-state index is 12.2. The van der Waals surface area contributed by atoms with Gasteiger partial charge in [0.25, 0.3) is 5.91 Å². The zero-order valence-corrected chi connectivity index (χ0v) is 15.6. The normalized spacial score (nSPS) is 12.2. The third kappa shape index (κ3) is 3.67. The molecule has 6 nitrogen and oxygen atoms in total. The number of hydrogen-bond acceptors (Lipinski definition) is 3. The van der Waals surface area contributed by atoms with Crippen molar-refractivity contribution in [2.45, 2.75) is 33.7 Å². The Bertz CT molecular complexity index is 766. The first-order chi connectivity index (χ1) is 11.2. The lowest BCUT2D eigenvalue weighted by atomic mass is 10.0. The summed E-state index contributed by atoms with van der Waals surface area (Å²) in [4.78, 5) is 23.4. The molecule has 1 aromatic heterocycles. The van der Waals surface area contributed by atoms with Crippen molar-refractivity contribution in [3.63, 3.8) is 0 Å². The topological polar surface area (TPSA) is 84.2 Å². The summed E-state index contributed by atoms with van der Waals surface area (Å²) in [5.41, 5.74) is 3.09. The van der Waals surface area contributed by atoms with Crippen molar-refractivity contribution < 1.29 is 14.7 Å². The number of nitrogens with one attached hydrogen (secondary N) is 1. The SMILES string of the molecule is Cc1nn(-c2ccc(C(=O)NC(C(=O)O)C(C)C)cc2)c(C)c1Br. The number of nitrogens with zero attached hydrogens (tertiary/aromatic N) is 2. The molecule has 128 valence electrons. The van der Waals surface area contributed by atoms with Crippen LogP contribution in [0.4, 0.5) is 0 Å². The van der Waals surface area contributed by atoms with Crippen molar-refractivity contribution in [1.82, 2.24) is 15.1 Å². The first-order valence-corrected chi connectivity index (χ1v) is 8.37. The number of aliphatic carboxylic acids is 1. The van der Waals surface area contributed by atoms with E-state index in [4.69, 9.17) is 5.11 Å². The van der Waals surface area contributed by atoms with Crippen LogP contribution < -0.4 is 5.32 Å². The molecule has 0 radical (unpaired) electrons. The van der Waals surface area contributed by atoms with Crippen LogP contribution in [0.1, 0.15) is 35.6 Å². The van der Waals surface area contributed by atoms with Gasteiger partial charge in [0.05, 0.1) is 21.5 Å². The molecule has 0 saturated carbocycles. The van der Waals surface area contributed by atoms with E-state index < -0.39 is 17.9 Å². The molecule has 2 N–H and O–H groups in total. The molecule has 7 heteroatoms. The molecule has 0 saturated heterocycles. The van der Waals surface area contributed by atoms with Crippen LogP contribution >= 0.6 is 15.9 Å². The van der Waals surface area contributed by atoms with Crippen molar-refractivity contribution in [2.24, 2.45) is 5.92 Å². The number of hydrogen-bond donors (Lipinski definition) is 2. The summed E-state index contributed by atoms with van der Waals surface area (Å²) < 4.78 is 2.74. The molecule has 0 aliphatic carbocycles. The van der Waals surface area contributed by atoms with E-state index in [1.165, 1.54) is 0 Å². The first-order valence-electron chi connectivity index (χ1n) is 7.58. The molecule has 2 aromatic rings. The molecular formula is C17H20BrN3O3. The molecule has 0 aliphatic heterocycles. The number of rotatable bonds is 5. The fraction of sp³-hybridized carbons (Fsp3) is 0.353. The minimum absolute atomic E-state index is 0.197. The van der Waals surface area contributed by atoms with E-state index in [1.54, 1.807) is 42.8 Å². The molecule has 1 aromatic carbocycles. The van der Waals surface area contributed by atoms with Gasteiger partial charge in [0.1, 0.15) is 6.04 Å². The Labute approximate surface area is 149 Å². The average Bonchev–Trinajstić information content (AvgIpc) is 2.79. The van der Waals surface area contributed by atoms with Gasteiger partial charge in [0, 0.05) is 5.56 Å². The summed E-state index contributed by atoms with van der Waals surface area (Å²) in [5.74, 6) is -1.64. The zero-order valence-electron chi connectivity index (χ0n) is 14.0. The minimum atomic E-state index is -1.04. The van der Waals surface area contributed by atoms with E-state index in [0.29, 0.717) is 5.56 Å².